The highest BCUT2D eigenvalue weighted by atomic mass is 16.5. The zero-order chi connectivity index (χ0) is 20.3. The molecule has 5 rings (SSSR count). The number of nitrogens with one attached hydrogen (secondary N) is 1. The van der Waals surface area contributed by atoms with Gasteiger partial charge < -0.3 is 15.5 Å². The minimum Gasteiger partial charge on any atom is -0.488 e. The van der Waals surface area contributed by atoms with Crippen LogP contribution in [0.5, 0.6) is 5.75 Å². The summed E-state index contributed by atoms with van der Waals surface area (Å²) in [5.74, 6) is 0.990. The van der Waals surface area contributed by atoms with Crippen molar-refractivity contribution in [2.24, 2.45) is 0 Å². The summed E-state index contributed by atoms with van der Waals surface area (Å²) >= 11 is 0. The fraction of sp³-hybridized carbons (Fsp3) is 0.0400. The van der Waals surface area contributed by atoms with Gasteiger partial charge in [-0.1, -0.05) is 42.5 Å². The number of anilines is 1. The lowest BCUT2D eigenvalue weighted by molar-refractivity contribution is 0.307. The first-order chi connectivity index (χ1) is 14.8. The van der Waals surface area contributed by atoms with E-state index in [4.69, 9.17) is 10.5 Å². The number of ether oxygens (including phenoxy) is 1. The van der Waals surface area contributed by atoms with Gasteiger partial charge in [0.15, 0.2) is 0 Å². The van der Waals surface area contributed by atoms with Crippen molar-refractivity contribution in [3.63, 3.8) is 0 Å². The number of aromatic nitrogens is 3. The molecule has 0 bridgehead atoms. The van der Waals surface area contributed by atoms with E-state index in [-0.39, 0.29) is 5.95 Å². The molecule has 0 unspecified atom stereocenters. The third-order valence-electron chi connectivity index (χ3n) is 5.05. The Hall–Kier alpha value is -4.12. The molecule has 2 heterocycles. The molecular weight excluding hydrogens is 372 g/mol. The molecule has 3 N–H and O–H groups in total. The van der Waals surface area contributed by atoms with E-state index >= 15 is 0 Å². The lowest BCUT2D eigenvalue weighted by atomic mass is 9.99. The fourth-order valence-electron chi connectivity index (χ4n) is 3.53. The number of hydrogen-bond donors (Lipinski definition) is 2. The predicted octanol–water partition coefficient (Wildman–Crippen LogP) is 5.45. The van der Waals surface area contributed by atoms with Gasteiger partial charge in [0.1, 0.15) is 12.4 Å². The minimum absolute atomic E-state index is 0.237. The number of hydrogen-bond acceptors (Lipinski definition) is 4. The first kappa shape index (κ1) is 17.9. The summed E-state index contributed by atoms with van der Waals surface area (Å²) in [6.07, 6.45) is 3.61. The van der Waals surface area contributed by atoms with E-state index in [2.05, 4.69) is 51.4 Å². The van der Waals surface area contributed by atoms with Crippen molar-refractivity contribution in [2.75, 3.05) is 5.73 Å². The highest BCUT2D eigenvalue weighted by Gasteiger charge is 2.12. The van der Waals surface area contributed by atoms with Crippen LogP contribution >= 0.6 is 0 Å². The molecule has 0 atom stereocenters. The average molecular weight is 392 g/mol. The summed E-state index contributed by atoms with van der Waals surface area (Å²) in [7, 11) is 0. The SMILES string of the molecule is Nc1nccc(-c2cc(-c3ccc4[nH]ccc4c3)ccc2OCc2ccccc2)n1. The molecule has 0 aliphatic heterocycles. The van der Waals surface area contributed by atoms with E-state index < -0.39 is 0 Å². The number of aromatic amines is 1. The topological polar surface area (TPSA) is 76.8 Å². The molecule has 146 valence electrons. The largest absolute Gasteiger partial charge is 0.488 e. The van der Waals surface area contributed by atoms with Gasteiger partial charge in [-0.3, -0.25) is 0 Å². The number of fused-ring (bicyclic) bond motifs is 1. The van der Waals surface area contributed by atoms with Gasteiger partial charge in [-0.05, 0) is 58.5 Å². The monoisotopic (exact) mass is 392 g/mol. The molecule has 0 amide bonds. The molecule has 0 fully saturated rings. The molecule has 5 heteroatoms. The van der Waals surface area contributed by atoms with Crippen LogP contribution in [-0.2, 0) is 6.61 Å². The first-order valence-electron chi connectivity index (χ1n) is 9.73. The maximum absolute atomic E-state index is 6.16. The molecular formula is C25H20N4O. The quantitative estimate of drug-likeness (QED) is 0.417. The molecule has 0 radical (unpaired) electrons. The maximum atomic E-state index is 6.16. The fourth-order valence-corrected chi connectivity index (χ4v) is 3.53. The summed E-state index contributed by atoms with van der Waals surface area (Å²) in [5.41, 5.74) is 11.9. The molecule has 2 aromatic heterocycles. The third kappa shape index (κ3) is 3.61. The normalized spacial score (nSPS) is 10.9. The third-order valence-corrected chi connectivity index (χ3v) is 5.05. The van der Waals surface area contributed by atoms with Gasteiger partial charge in [0, 0.05) is 23.5 Å². The molecule has 5 aromatic rings. The van der Waals surface area contributed by atoms with Gasteiger partial charge in [0.2, 0.25) is 5.95 Å². The highest BCUT2D eigenvalue weighted by Crippen LogP contribution is 2.35. The van der Waals surface area contributed by atoms with Crippen LogP contribution in [-0.4, -0.2) is 15.0 Å². The lowest BCUT2D eigenvalue weighted by Gasteiger charge is -2.14. The van der Waals surface area contributed by atoms with Gasteiger partial charge in [-0.25, -0.2) is 9.97 Å². The smallest absolute Gasteiger partial charge is 0.220 e. The number of rotatable bonds is 5. The van der Waals surface area contributed by atoms with Gasteiger partial charge in [0.05, 0.1) is 5.69 Å². The Morgan fingerprint density at radius 3 is 2.57 bits per heavy atom. The Morgan fingerprint density at radius 2 is 1.70 bits per heavy atom. The van der Waals surface area contributed by atoms with Crippen LogP contribution in [0.25, 0.3) is 33.3 Å². The maximum Gasteiger partial charge on any atom is 0.220 e. The van der Waals surface area contributed by atoms with E-state index in [1.165, 1.54) is 5.39 Å². The molecule has 3 aromatic carbocycles. The van der Waals surface area contributed by atoms with Crippen LogP contribution in [0.15, 0.2) is 91.3 Å². The summed E-state index contributed by atoms with van der Waals surface area (Å²) in [6.45, 7) is 0.475. The molecule has 30 heavy (non-hydrogen) atoms. The summed E-state index contributed by atoms with van der Waals surface area (Å²) in [4.78, 5) is 11.7. The van der Waals surface area contributed by atoms with E-state index in [9.17, 15) is 0 Å². The van der Waals surface area contributed by atoms with Crippen LogP contribution < -0.4 is 10.5 Å². The van der Waals surface area contributed by atoms with E-state index in [0.29, 0.717) is 6.61 Å². The second kappa shape index (κ2) is 7.72. The molecule has 0 aliphatic carbocycles. The van der Waals surface area contributed by atoms with Crippen molar-refractivity contribution in [3.05, 3.63) is 96.8 Å². The van der Waals surface area contributed by atoms with Gasteiger partial charge in [0.25, 0.3) is 0 Å². The van der Waals surface area contributed by atoms with Crippen molar-refractivity contribution in [1.82, 2.24) is 15.0 Å². The highest BCUT2D eigenvalue weighted by molar-refractivity contribution is 5.86. The van der Waals surface area contributed by atoms with Gasteiger partial charge in [-0.2, -0.15) is 0 Å². The van der Waals surface area contributed by atoms with Crippen molar-refractivity contribution < 1.29 is 4.74 Å². The zero-order valence-corrected chi connectivity index (χ0v) is 16.2. The Morgan fingerprint density at radius 1 is 0.867 bits per heavy atom. The summed E-state index contributed by atoms with van der Waals surface area (Å²) in [6, 6.07) is 26.5. The lowest BCUT2D eigenvalue weighted by Crippen LogP contribution is -2.00. The van der Waals surface area contributed by atoms with Crippen LogP contribution in [0.2, 0.25) is 0 Å². The number of nitrogens with zero attached hydrogens (tertiary/aromatic N) is 2. The predicted molar refractivity (Wildman–Crippen MR) is 120 cm³/mol. The van der Waals surface area contributed by atoms with Crippen molar-refractivity contribution in [1.29, 1.82) is 0 Å². The van der Waals surface area contributed by atoms with Crippen molar-refractivity contribution in [3.8, 4) is 28.1 Å². The van der Waals surface area contributed by atoms with Crippen molar-refractivity contribution in [2.45, 2.75) is 6.61 Å². The molecule has 0 spiro atoms. The van der Waals surface area contributed by atoms with Crippen LogP contribution in [0.3, 0.4) is 0 Å². The van der Waals surface area contributed by atoms with Crippen LogP contribution in [0.1, 0.15) is 5.56 Å². The Labute approximate surface area is 174 Å². The van der Waals surface area contributed by atoms with Crippen LogP contribution in [0, 0.1) is 0 Å². The number of nitrogens with two attached hydrogens (primary N) is 1. The Balaban J connectivity index is 1.56. The van der Waals surface area contributed by atoms with E-state index in [1.54, 1.807) is 6.20 Å². The minimum atomic E-state index is 0.237. The number of benzene rings is 3. The molecule has 0 aliphatic rings. The van der Waals surface area contributed by atoms with Crippen LogP contribution in [0.4, 0.5) is 5.95 Å². The average Bonchev–Trinajstić information content (AvgIpc) is 3.26. The molecule has 5 nitrogen and oxygen atoms in total. The Kier molecular flexibility index (Phi) is 4.62. The standard InChI is InChI=1S/C25H20N4O/c26-25-28-13-11-23(29-25)21-15-19(18-6-8-22-20(14-18)10-12-27-22)7-9-24(21)30-16-17-4-2-1-3-5-17/h1-15,27H,16H2,(H2,26,28,29). The van der Waals surface area contributed by atoms with Gasteiger partial charge >= 0.3 is 0 Å². The van der Waals surface area contributed by atoms with E-state index in [0.717, 1.165) is 39.2 Å². The summed E-state index contributed by atoms with van der Waals surface area (Å²) in [5, 5.41) is 1.17. The van der Waals surface area contributed by atoms with E-state index in [1.807, 2.05) is 48.7 Å². The summed E-state index contributed by atoms with van der Waals surface area (Å²) < 4.78 is 6.16. The molecule has 0 saturated carbocycles. The van der Waals surface area contributed by atoms with Crippen molar-refractivity contribution >= 4 is 16.9 Å². The second-order valence-electron chi connectivity index (χ2n) is 7.06. The number of nitrogen functional groups attached to an aromatic ring is 1. The zero-order valence-electron chi connectivity index (χ0n) is 16.2. The Bertz CT molecular complexity index is 1310. The second-order valence-corrected chi connectivity index (χ2v) is 7.06. The van der Waals surface area contributed by atoms with Gasteiger partial charge in [-0.15, -0.1) is 0 Å². The first-order valence-corrected chi connectivity index (χ1v) is 9.73. The molecule has 0 saturated heterocycles. The number of H-pyrrole nitrogens is 1.